The Kier molecular flexibility index (Phi) is 4.05. The molecule has 0 aromatic heterocycles. The molecule has 146 valence electrons. The molecular formula is C22H34O4. The maximum Gasteiger partial charge on any atom is 0.172 e. The van der Waals surface area contributed by atoms with Crippen LogP contribution in [0.15, 0.2) is 12.7 Å². The maximum absolute atomic E-state index is 13.7. The zero-order chi connectivity index (χ0) is 19.0. The number of aliphatic hydroxyl groups excluding tert-OH is 1. The van der Waals surface area contributed by atoms with E-state index in [0.717, 1.165) is 25.7 Å². The molecule has 1 aliphatic heterocycles. The lowest BCUT2D eigenvalue weighted by molar-refractivity contribution is -0.254. The SMILES string of the molecule is C=C[C@@]1(C)CC(=O)[C@@]2(C)C3C4(CC[C@@]3(CC[C@H]2C)[C@H](C)[C@@H]1O)OCCO4. The summed E-state index contributed by atoms with van der Waals surface area (Å²) in [5, 5.41) is 11.3. The summed E-state index contributed by atoms with van der Waals surface area (Å²) in [6.07, 6.45) is 5.40. The molecule has 4 rings (SSSR count). The number of rotatable bonds is 1. The monoisotopic (exact) mass is 362 g/mol. The molecular weight excluding hydrogens is 328 g/mol. The molecule has 0 aromatic rings. The van der Waals surface area contributed by atoms with E-state index >= 15 is 0 Å². The van der Waals surface area contributed by atoms with Gasteiger partial charge in [0.2, 0.25) is 0 Å². The molecule has 7 atom stereocenters. The minimum atomic E-state index is -0.644. The van der Waals surface area contributed by atoms with Crippen LogP contribution in [-0.2, 0) is 14.3 Å². The topological polar surface area (TPSA) is 55.8 Å². The quantitative estimate of drug-likeness (QED) is 0.722. The fourth-order valence-electron chi connectivity index (χ4n) is 7.18. The number of Topliss-reactive ketones (excluding diaryl/α,β-unsaturated/α-hetero) is 1. The van der Waals surface area contributed by atoms with Crippen molar-refractivity contribution >= 4 is 5.78 Å². The first-order valence-electron chi connectivity index (χ1n) is 10.3. The highest BCUT2D eigenvalue weighted by molar-refractivity contribution is 5.86. The van der Waals surface area contributed by atoms with Gasteiger partial charge in [0.15, 0.2) is 5.79 Å². The number of carbonyl (C=O) groups is 1. The van der Waals surface area contributed by atoms with Gasteiger partial charge in [-0.2, -0.15) is 0 Å². The van der Waals surface area contributed by atoms with Gasteiger partial charge in [-0.05, 0) is 36.5 Å². The van der Waals surface area contributed by atoms with Gasteiger partial charge < -0.3 is 14.6 Å². The molecule has 4 fully saturated rings. The third-order valence-electron chi connectivity index (χ3n) is 9.06. The van der Waals surface area contributed by atoms with Gasteiger partial charge in [-0.3, -0.25) is 4.79 Å². The Balaban J connectivity index is 1.93. The summed E-state index contributed by atoms with van der Waals surface area (Å²) in [6.45, 7) is 13.7. The van der Waals surface area contributed by atoms with Crippen molar-refractivity contribution in [2.24, 2.45) is 34.0 Å². The smallest absolute Gasteiger partial charge is 0.172 e. The van der Waals surface area contributed by atoms with Crippen LogP contribution in [0.1, 0.15) is 59.8 Å². The number of ether oxygens (including phenoxy) is 2. The number of ketones is 1. The van der Waals surface area contributed by atoms with Gasteiger partial charge in [0.1, 0.15) is 5.78 Å². The Hall–Kier alpha value is -0.710. The van der Waals surface area contributed by atoms with Gasteiger partial charge >= 0.3 is 0 Å². The molecule has 0 amide bonds. The van der Waals surface area contributed by atoms with Crippen LogP contribution < -0.4 is 0 Å². The van der Waals surface area contributed by atoms with Gasteiger partial charge in [0, 0.05) is 29.6 Å². The second-order valence-electron chi connectivity index (χ2n) is 9.94. The zero-order valence-electron chi connectivity index (χ0n) is 16.7. The summed E-state index contributed by atoms with van der Waals surface area (Å²) in [5.74, 6) is -0.0299. The Morgan fingerprint density at radius 3 is 2.42 bits per heavy atom. The van der Waals surface area contributed by atoms with Crippen LogP contribution in [0, 0.1) is 34.0 Å². The normalized spacial score (nSPS) is 53.2. The van der Waals surface area contributed by atoms with Crippen molar-refractivity contribution in [1.29, 1.82) is 0 Å². The molecule has 1 spiro atoms. The molecule has 2 bridgehead atoms. The van der Waals surface area contributed by atoms with Crippen LogP contribution in [0.3, 0.4) is 0 Å². The number of aliphatic hydroxyl groups is 1. The van der Waals surface area contributed by atoms with Crippen molar-refractivity contribution < 1.29 is 19.4 Å². The molecule has 4 aliphatic rings. The number of hydrogen-bond acceptors (Lipinski definition) is 4. The molecule has 1 heterocycles. The largest absolute Gasteiger partial charge is 0.392 e. The summed E-state index contributed by atoms with van der Waals surface area (Å²) >= 11 is 0. The van der Waals surface area contributed by atoms with Crippen molar-refractivity contribution in [3.05, 3.63) is 12.7 Å². The molecule has 4 nitrogen and oxygen atoms in total. The summed E-state index contributed by atoms with van der Waals surface area (Å²) in [5.41, 5.74) is -1.19. The first-order valence-corrected chi connectivity index (χ1v) is 10.3. The van der Waals surface area contributed by atoms with Gasteiger partial charge in [-0.15, -0.1) is 6.58 Å². The Labute approximate surface area is 157 Å². The second kappa shape index (κ2) is 5.65. The minimum Gasteiger partial charge on any atom is -0.392 e. The van der Waals surface area contributed by atoms with Crippen LogP contribution in [0.4, 0.5) is 0 Å². The van der Waals surface area contributed by atoms with E-state index in [0.29, 0.717) is 19.6 Å². The lowest BCUT2D eigenvalue weighted by Crippen LogP contribution is -2.64. The van der Waals surface area contributed by atoms with Crippen molar-refractivity contribution in [3.8, 4) is 0 Å². The van der Waals surface area contributed by atoms with Gasteiger partial charge in [-0.1, -0.05) is 33.8 Å². The Morgan fingerprint density at radius 2 is 1.81 bits per heavy atom. The Morgan fingerprint density at radius 1 is 1.15 bits per heavy atom. The molecule has 0 radical (unpaired) electrons. The highest BCUT2D eigenvalue weighted by Gasteiger charge is 2.73. The number of carbonyl (C=O) groups excluding carboxylic acids is 1. The van der Waals surface area contributed by atoms with Crippen molar-refractivity contribution in [3.63, 3.8) is 0 Å². The standard InChI is InChI=1S/C22H34O4/c1-6-19(4)13-16(23)20(5)14(2)7-8-21(15(3)17(19)24)9-10-22(18(20)21)25-11-12-26-22/h6,14-15,17-18,24H,1,7-13H2,2-5H3/t14-,15-,17+,18?,19+,20+,21+/m1/s1. The van der Waals surface area contributed by atoms with Crippen LogP contribution >= 0.6 is 0 Å². The fourth-order valence-corrected chi connectivity index (χ4v) is 7.18. The molecule has 4 heteroatoms. The van der Waals surface area contributed by atoms with Crippen molar-refractivity contribution in [1.82, 2.24) is 0 Å². The van der Waals surface area contributed by atoms with Crippen LogP contribution in [0.5, 0.6) is 0 Å². The molecule has 3 aliphatic carbocycles. The summed E-state index contributed by atoms with van der Waals surface area (Å²) in [7, 11) is 0. The zero-order valence-corrected chi connectivity index (χ0v) is 16.7. The van der Waals surface area contributed by atoms with Crippen molar-refractivity contribution in [2.45, 2.75) is 71.7 Å². The van der Waals surface area contributed by atoms with E-state index in [2.05, 4.69) is 27.4 Å². The minimum absolute atomic E-state index is 0.0141. The third-order valence-corrected chi connectivity index (χ3v) is 9.06. The molecule has 0 aromatic carbocycles. The average Bonchev–Trinajstić information content (AvgIpc) is 3.23. The summed E-state index contributed by atoms with van der Waals surface area (Å²) in [4.78, 5) is 13.7. The predicted molar refractivity (Wildman–Crippen MR) is 99.4 cm³/mol. The second-order valence-corrected chi connectivity index (χ2v) is 9.94. The van der Waals surface area contributed by atoms with E-state index in [1.165, 1.54) is 0 Å². The first kappa shape index (κ1) is 18.6. The maximum atomic E-state index is 13.7. The molecule has 1 saturated heterocycles. The van der Waals surface area contributed by atoms with E-state index in [4.69, 9.17) is 9.47 Å². The molecule has 1 N–H and O–H groups in total. The highest BCUT2D eigenvalue weighted by Crippen LogP contribution is 2.71. The molecule has 3 saturated carbocycles. The first-order chi connectivity index (χ1) is 12.2. The molecule has 1 unspecified atom stereocenters. The van der Waals surface area contributed by atoms with Crippen LogP contribution in [0.25, 0.3) is 0 Å². The lowest BCUT2D eigenvalue weighted by Gasteiger charge is -2.61. The third kappa shape index (κ3) is 2.04. The van der Waals surface area contributed by atoms with Crippen molar-refractivity contribution in [2.75, 3.05) is 13.2 Å². The van der Waals surface area contributed by atoms with E-state index in [-0.39, 0.29) is 29.0 Å². The summed E-state index contributed by atoms with van der Waals surface area (Å²) < 4.78 is 12.5. The average molecular weight is 363 g/mol. The van der Waals surface area contributed by atoms with Gasteiger partial charge in [-0.25, -0.2) is 0 Å². The van der Waals surface area contributed by atoms with E-state index < -0.39 is 22.7 Å². The van der Waals surface area contributed by atoms with Gasteiger partial charge in [0.25, 0.3) is 0 Å². The predicted octanol–water partition coefficient (Wildman–Crippen LogP) is 3.72. The molecule has 26 heavy (non-hydrogen) atoms. The van der Waals surface area contributed by atoms with Crippen LogP contribution in [0.2, 0.25) is 0 Å². The van der Waals surface area contributed by atoms with E-state index in [9.17, 15) is 9.90 Å². The summed E-state index contributed by atoms with van der Waals surface area (Å²) in [6, 6.07) is 0. The van der Waals surface area contributed by atoms with Crippen LogP contribution in [-0.4, -0.2) is 36.0 Å². The Bertz CT molecular complexity index is 624. The lowest BCUT2D eigenvalue weighted by atomic mass is 9.43. The number of hydrogen-bond donors (Lipinski definition) is 1. The highest BCUT2D eigenvalue weighted by atomic mass is 16.7. The van der Waals surface area contributed by atoms with E-state index in [1.807, 2.05) is 6.92 Å². The van der Waals surface area contributed by atoms with Gasteiger partial charge in [0.05, 0.1) is 19.3 Å². The fraction of sp³-hybridized carbons (Fsp3) is 0.864. The van der Waals surface area contributed by atoms with E-state index in [1.54, 1.807) is 6.08 Å².